The Morgan fingerprint density at radius 2 is 1.86 bits per heavy atom. The Kier molecular flexibility index (Phi) is 9.81. The van der Waals surface area contributed by atoms with Crippen LogP contribution in [0.3, 0.4) is 0 Å². The van der Waals surface area contributed by atoms with Crippen LogP contribution in [0, 0.1) is 5.92 Å². The normalized spacial score (nSPS) is 20.2. The molecule has 3 N–H and O–H groups in total. The number of hydrogen-bond donors (Lipinski definition) is 3. The van der Waals surface area contributed by atoms with Gasteiger partial charge in [0.05, 0.1) is 23.9 Å². The average Bonchev–Trinajstić information content (AvgIpc) is 2.98. The number of para-hydroxylation sites is 2. The lowest BCUT2D eigenvalue weighted by Crippen LogP contribution is -2.41. The molecule has 0 heterocycles. The van der Waals surface area contributed by atoms with E-state index in [0.29, 0.717) is 43.7 Å². The van der Waals surface area contributed by atoms with E-state index in [0.717, 1.165) is 17.0 Å². The van der Waals surface area contributed by atoms with Gasteiger partial charge in [-0.05, 0) is 75.8 Å². The van der Waals surface area contributed by atoms with Crippen molar-refractivity contribution >= 4 is 29.2 Å². The first-order chi connectivity index (χ1) is 16.7. The summed E-state index contributed by atoms with van der Waals surface area (Å²) in [6, 6.07) is 14.7. The maximum absolute atomic E-state index is 13.3. The summed E-state index contributed by atoms with van der Waals surface area (Å²) in [4.78, 5) is 26.2. The Balaban J connectivity index is 1.65. The molecule has 1 fully saturated rings. The highest BCUT2D eigenvalue weighted by Gasteiger charge is 2.32. The number of aliphatic carboxylic acids is 1. The molecular weight excluding hydrogens is 468 g/mol. The quantitative estimate of drug-likeness (QED) is 0.410. The van der Waals surface area contributed by atoms with Gasteiger partial charge >= 0.3 is 5.97 Å². The minimum Gasteiger partial charge on any atom is -0.489 e. The number of carboxylic acids is 1. The van der Waals surface area contributed by atoms with Gasteiger partial charge in [-0.25, -0.2) is 0 Å². The van der Waals surface area contributed by atoms with Crippen molar-refractivity contribution in [2.75, 3.05) is 18.4 Å². The molecule has 0 aromatic heterocycles. The largest absolute Gasteiger partial charge is 0.489 e. The molecule has 3 atom stereocenters. The van der Waals surface area contributed by atoms with Crippen LogP contribution in [0.15, 0.2) is 48.5 Å². The highest BCUT2D eigenvalue weighted by Crippen LogP contribution is 2.31. The molecule has 1 amide bonds. The van der Waals surface area contributed by atoms with E-state index in [9.17, 15) is 19.8 Å². The fourth-order valence-electron chi connectivity index (χ4n) is 4.49. The van der Waals surface area contributed by atoms with Gasteiger partial charge in [0.2, 0.25) is 5.91 Å². The molecule has 0 radical (unpaired) electrons. The fourth-order valence-corrected chi connectivity index (χ4v) is 4.71. The van der Waals surface area contributed by atoms with Gasteiger partial charge < -0.3 is 25.2 Å². The Morgan fingerprint density at radius 1 is 1.11 bits per heavy atom. The maximum Gasteiger partial charge on any atom is 0.323 e. The molecule has 35 heavy (non-hydrogen) atoms. The fraction of sp³-hybridized carbons (Fsp3) is 0.481. The molecule has 7 nitrogen and oxygen atoms in total. The summed E-state index contributed by atoms with van der Waals surface area (Å²) in [5.74, 6) is -0.831. The highest BCUT2D eigenvalue weighted by atomic mass is 35.5. The number of carboxylic acid groups (broad SMARTS) is 1. The second-order valence-corrected chi connectivity index (χ2v) is 9.80. The molecular formula is C27H35ClN2O5. The lowest BCUT2D eigenvalue weighted by Gasteiger charge is -2.26. The molecule has 0 bridgehead atoms. The summed E-state index contributed by atoms with van der Waals surface area (Å²) in [5.41, 5.74) is 1.76. The van der Waals surface area contributed by atoms with Crippen molar-refractivity contribution in [1.82, 2.24) is 4.90 Å². The summed E-state index contributed by atoms with van der Waals surface area (Å²) >= 11 is 6.05. The van der Waals surface area contributed by atoms with Crippen LogP contribution >= 0.6 is 11.6 Å². The molecule has 0 unspecified atom stereocenters. The number of amides is 1. The van der Waals surface area contributed by atoms with Gasteiger partial charge in [0.15, 0.2) is 0 Å². The van der Waals surface area contributed by atoms with Crippen LogP contribution < -0.4 is 10.1 Å². The summed E-state index contributed by atoms with van der Waals surface area (Å²) in [6.45, 7) is 3.87. The van der Waals surface area contributed by atoms with Gasteiger partial charge in [-0.2, -0.15) is 0 Å². The number of aliphatic hydroxyl groups excluding tert-OH is 1. The topological polar surface area (TPSA) is 99.1 Å². The number of carbonyl (C=O) groups excluding carboxylic acids is 1. The van der Waals surface area contributed by atoms with E-state index in [-0.39, 0.29) is 30.5 Å². The standard InChI is InChI=1S/C27H35ClN2O5/c1-18(2)35-25-9-4-3-8-23(25)29-22-12-10-20(11-13-24(22)31)27(34)30(17-26(32)33)15-14-19-6-5-7-21(28)16-19/h3-9,16,18,20,22,24,29,31H,10-15,17H2,1-2H3,(H,32,33)/t20-,22+,24+/m1/s1. The van der Waals surface area contributed by atoms with Gasteiger partial charge in [-0.3, -0.25) is 9.59 Å². The molecule has 1 aliphatic rings. The van der Waals surface area contributed by atoms with Crippen LogP contribution in [0.2, 0.25) is 5.02 Å². The number of anilines is 1. The summed E-state index contributed by atoms with van der Waals surface area (Å²) < 4.78 is 5.88. The van der Waals surface area contributed by atoms with Gasteiger partial charge in [-0.15, -0.1) is 0 Å². The van der Waals surface area contributed by atoms with Crippen LogP contribution in [0.4, 0.5) is 5.69 Å². The number of nitrogens with one attached hydrogen (secondary N) is 1. The Morgan fingerprint density at radius 3 is 2.57 bits per heavy atom. The molecule has 2 aromatic rings. The number of carbonyl (C=O) groups is 2. The number of nitrogens with zero attached hydrogens (tertiary/aromatic N) is 1. The van der Waals surface area contributed by atoms with Gasteiger partial charge in [0.1, 0.15) is 12.3 Å². The van der Waals surface area contributed by atoms with E-state index < -0.39 is 12.1 Å². The first kappa shape index (κ1) is 26.8. The second-order valence-electron chi connectivity index (χ2n) is 9.37. The van der Waals surface area contributed by atoms with Crippen molar-refractivity contribution in [3.8, 4) is 5.75 Å². The van der Waals surface area contributed by atoms with E-state index >= 15 is 0 Å². The van der Waals surface area contributed by atoms with Crippen molar-refractivity contribution in [2.24, 2.45) is 5.92 Å². The first-order valence-electron chi connectivity index (χ1n) is 12.2. The van der Waals surface area contributed by atoms with Gasteiger partial charge in [0.25, 0.3) is 0 Å². The lowest BCUT2D eigenvalue weighted by molar-refractivity contribution is -0.146. The van der Waals surface area contributed by atoms with E-state index in [1.54, 1.807) is 6.07 Å². The van der Waals surface area contributed by atoms with Crippen molar-refractivity contribution in [2.45, 2.75) is 64.2 Å². The molecule has 2 aromatic carbocycles. The second kappa shape index (κ2) is 12.8. The predicted molar refractivity (Wildman–Crippen MR) is 137 cm³/mol. The molecule has 1 saturated carbocycles. The molecule has 190 valence electrons. The smallest absolute Gasteiger partial charge is 0.323 e. The van der Waals surface area contributed by atoms with E-state index in [1.165, 1.54) is 4.90 Å². The minimum absolute atomic E-state index is 0.0196. The van der Waals surface area contributed by atoms with E-state index in [2.05, 4.69) is 5.32 Å². The molecule has 8 heteroatoms. The number of aliphatic hydroxyl groups is 1. The number of rotatable bonds is 10. The van der Waals surface area contributed by atoms with Crippen LogP contribution in [-0.4, -0.2) is 58.3 Å². The van der Waals surface area contributed by atoms with Crippen molar-refractivity contribution in [3.63, 3.8) is 0 Å². The highest BCUT2D eigenvalue weighted by molar-refractivity contribution is 6.30. The third-order valence-electron chi connectivity index (χ3n) is 6.24. The van der Waals surface area contributed by atoms with E-state index in [1.807, 2.05) is 56.3 Å². The summed E-state index contributed by atoms with van der Waals surface area (Å²) in [5, 5.41) is 24.2. The lowest BCUT2D eigenvalue weighted by atomic mass is 9.98. The molecule has 3 rings (SSSR count). The van der Waals surface area contributed by atoms with Gasteiger partial charge in [0, 0.05) is 17.5 Å². The molecule has 0 saturated heterocycles. The molecule has 1 aliphatic carbocycles. The van der Waals surface area contributed by atoms with Crippen molar-refractivity contribution < 1.29 is 24.5 Å². The zero-order valence-electron chi connectivity index (χ0n) is 20.3. The number of ether oxygens (including phenoxy) is 1. The van der Waals surface area contributed by atoms with E-state index in [4.69, 9.17) is 16.3 Å². The summed E-state index contributed by atoms with van der Waals surface area (Å²) in [7, 11) is 0. The van der Waals surface area contributed by atoms with Crippen molar-refractivity contribution in [3.05, 3.63) is 59.1 Å². The Labute approximate surface area is 212 Å². The number of benzene rings is 2. The van der Waals surface area contributed by atoms with Crippen molar-refractivity contribution in [1.29, 1.82) is 0 Å². The maximum atomic E-state index is 13.3. The van der Waals surface area contributed by atoms with Crippen LogP contribution in [0.25, 0.3) is 0 Å². The SMILES string of the molecule is CC(C)Oc1ccccc1N[C@H]1CC[C@@H](C(=O)N(CCc2cccc(Cl)c2)CC(=O)O)CC[C@@H]1O. The number of hydrogen-bond acceptors (Lipinski definition) is 5. The monoisotopic (exact) mass is 502 g/mol. The van der Waals surface area contributed by atoms with Crippen LogP contribution in [0.1, 0.15) is 45.1 Å². The predicted octanol–water partition coefficient (Wildman–Crippen LogP) is 4.61. The first-order valence-corrected chi connectivity index (χ1v) is 12.6. The third kappa shape index (κ3) is 8.15. The van der Waals surface area contributed by atoms with Gasteiger partial charge in [-0.1, -0.05) is 35.9 Å². The average molecular weight is 503 g/mol. The number of halogens is 1. The molecule has 0 spiro atoms. The molecule has 0 aliphatic heterocycles. The van der Waals surface area contributed by atoms with Crippen LogP contribution in [0.5, 0.6) is 5.75 Å². The summed E-state index contributed by atoms with van der Waals surface area (Å²) in [6.07, 6.45) is 2.03. The minimum atomic E-state index is -1.04. The van der Waals surface area contributed by atoms with Crippen LogP contribution in [-0.2, 0) is 16.0 Å². The Bertz CT molecular complexity index is 999. The zero-order valence-corrected chi connectivity index (χ0v) is 21.1. The zero-order chi connectivity index (χ0) is 25.4. The Hall–Kier alpha value is -2.77. The third-order valence-corrected chi connectivity index (χ3v) is 6.47.